The molecule has 0 saturated carbocycles. The number of nitrogens with one attached hydrogen (secondary N) is 2. The predicted molar refractivity (Wildman–Crippen MR) is 90.8 cm³/mol. The molecule has 8 heteroatoms. The van der Waals surface area contributed by atoms with Crippen molar-refractivity contribution in [3.63, 3.8) is 0 Å². The van der Waals surface area contributed by atoms with Crippen LogP contribution >= 0.6 is 0 Å². The summed E-state index contributed by atoms with van der Waals surface area (Å²) in [5, 5.41) is 12.8. The Morgan fingerprint density at radius 1 is 1.32 bits per heavy atom. The SMILES string of the molecule is COC(=O)[C@H](N)CCC(=O)NC(Cc1c[nH]c2ccccc12)C(=O)O. The molecule has 1 aromatic carbocycles. The molecule has 1 amide bonds. The molecule has 2 rings (SSSR count). The Kier molecular flexibility index (Phi) is 6.13. The quantitative estimate of drug-likeness (QED) is 0.515. The van der Waals surface area contributed by atoms with Crippen LogP contribution in [0.15, 0.2) is 30.5 Å². The van der Waals surface area contributed by atoms with Crippen molar-refractivity contribution >= 4 is 28.7 Å². The van der Waals surface area contributed by atoms with E-state index in [1.165, 1.54) is 7.11 Å². The molecule has 25 heavy (non-hydrogen) atoms. The number of benzene rings is 1. The molecule has 1 unspecified atom stereocenters. The van der Waals surface area contributed by atoms with Crippen molar-refractivity contribution < 1.29 is 24.2 Å². The van der Waals surface area contributed by atoms with Gasteiger partial charge < -0.3 is 25.9 Å². The summed E-state index contributed by atoms with van der Waals surface area (Å²) in [5.41, 5.74) is 7.26. The highest BCUT2D eigenvalue weighted by molar-refractivity contribution is 5.87. The van der Waals surface area contributed by atoms with Crippen LogP contribution in [0.1, 0.15) is 18.4 Å². The summed E-state index contributed by atoms with van der Waals surface area (Å²) in [6.07, 6.45) is 1.90. The van der Waals surface area contributed by atoms with Gasteiger partial charge in [-0.1, -0.05) is 18.2 Å². The van der Waals surface area contributed by atoms with Crippen molar-refractivity contribution in [2.75, 3.05) is 7.11 Å². The van der Waals surface area contributed by atoms with Crippen LogP contribution in [0.2, 0.25) is 0 Å². The standard InChI is InChI=1S/C17H21N3O5/c1-25-17(24)12(18)6-7-15(21)20-14(16(22)23)8-10-9-19-13-5-3-2-4-11(10)13/h2-5,9,12,14,19H,6-8,18H2,1H3,(H,20,21)(H,22,23)/t12-,14?/m1/s1. The Labute approximate surface area is 144 Å². The molecule has 0 fully saturated rings. The highest BCUT2D eigenvalue weighted by Gasteiger charge is 2.23. The highest BCUT2D eigenvalue weighted by Crippen LogP contribution is 2.19. The third-order valence-electron chi connectivity index (χ3n) is 3.92. The molecule has 0 bridgehead atoms. The maximum atomic E-state index is 12.0. The van der Waals surface area contributed by atoms with Gasteiger partial charge >= 0.3 is 11.9 Å². The normalized spacial score (nSPS) is 13.2. The van der Waals surface area contributed by atoms with Crippen LogP contribution in [0.3, 0.4) is 0 Å². The topological polar surface area (TPSA) is 135 Å². The second kappa shape index (κ2) is 8.29. The number of hydrogen-bond acceptors (Lipinski definition) is 5. The van der Waals surface area contributed by atoms with Gasteiger partial charge in [0.15, 0.2) is 0 Å². The first kappa shape index (κ1) is 18.5. The first-order chi connectivity index (χ1) is 11.9. The lowest BCUT2D eigenvalue weighted by molar-refractivity contribution is -0.143. The van der Waals surface area contributed by atoms with E-state index in [1.807, 2.05) is 24.3 Å². The molecule has 1 aromatic heterocycles. The second-order valence-corrected chi connectivity index (χ2v) is 5.69. The minimum absolute atomic E-state index is 0.0616. The van der Waals surface area contributed by atoms with Gasteiger partial charge in [-0.3, -0.25) is 9.59 Å². The van der Waals surface area contributed by atoms with Gasteiger partial charge in [0, 0.05) is 29.9 Å². The fraction of sp³-hybridized carbons (Fsp3) is 0.353. The van der Waals surface area contributed by atoms with Crippen molar-refractivity contribution in [3.05, 3.63) is 36.0 Å². The number of carbonyl (C=O) groups excluding carboxylic acids is 2. The summed E-state index contributed by atoms with van der Waals surface area (Å²) < 4.78 is 4.48. The number of carbonyl (C=O) groups is 3. The summed E-state index contributed by atoms with van der Waals surface area (Å²) in [5.74, 6) is -2.22. The molecule has 134 valence electrons. The van der Waals surface area contributed by atoms with Crippen molar-refractivity contribution in [2.24, 2.45) is 5.73 Å². The largest absolute Gasteiger partial charge is 0.480 e. The first-order valence-electron chi connectivity index (χ1n) is 7.83. The van der Waals surface area contributed by atoms with Gasteiger partial charge in [0.2, 0.25) is 5.91 Å². The molecular formula is C17H21N3O5. The van der Waals surface area contributed by atoms with E-state index in [0.29, 0.717) is 0 Å². The average molecular weight is 347 g/mol. The van der Waals surface area contributed by atoms with Gasteiger partial charge in [0.1, 0.15) is 12.1 Å². The molecule has 2 aromatic rings. The number of rotatable bonds is 8. The predicted octanol–water partition coefficient (Wildman–Crippen LogP) is 0.560. The molecule has 0 spiro atoms. The molecule has 0 radical (unpaired) electrons. The van der Waals surface area contributed by atoms with Crippen LogP contribution in [0.25, 0.3) is 10.9 Å². The number of ether oxygens (including phenoxy) is 1. The zero-order valence-corrected chi connectivity index (χ0v) is 13.8. The summed E-state index contributed by atoms with van der Waals surface area (Å²) in [6, 6.07) is 5.54. The number of para-hydroxylation sites is 1. The Morgan fingerprint density at radius 2 is 2.04 bits per heavy atom. The van der Waals surface area contributed by atoms with Crippen LogP contribution < -0.4 is 11.1 Å². The lowest BCUT2D eigenvalue weighted by atomic mass is 10.0. The molecule has 5 N–H and O–H groups in total. The maximum absolute atomic E-state index is 12.0. The summed E-state index contributed by atoms with van der Waals surface area (Å²) in [4.78, 5) is 37.7. The van der Waals surface area contributed by atoms with E-state index in [2.05, 4.69) is 15.0 Å². The number of nitrogens with two attached hydrogens (primary N) is 1. The van der Waals surface area contributed by atoms with Crippen LogP contribution in [-0.2, 0) is 25.5 Å². The number of aromatic nitrogens is 1. The van der Waals surface area contributed by atoms with Gasteiger partial charge in [-0.05, 0) is 18.1 Å². The Morgan fingerprint density at radius 3 is 2.72 bits per heavy atom. The third kappa shape index (κ3) is 4.80. The van der Waals surface area contributed by atoms with E-state index < -0.39 is 29.9 Å². The maximum Gasteiger partial charge on any atom is 0.326 e. The van der Waals surface area contributed by atoms with Gasteiger partial charge in [-0.2, -0.15) is 0 Å². The van der Waals surface area contributed by atoms with E-state index in [4.69, 9.17) is 5.73 Å². The first-order valence-corrected chi connectivity index (χ1v) is 7.83. The minimum Gasteiger partial charge on any atom is -0.480 e. The molecule has 2 atom stereocenters. The van der Waals surface area contributed by atoms with E-state index >= 15 is 0 Å². The molecule has 0 saturated heterocycles. The Balaban J connectivity index is 1.98. The number of H-pyrrole nitrogens is 1. The van der Waals surface area contributed by atoms with Crippen LogP contribution in [-0.4, -0.2) is 47.1 Å². The summed E-state index contributed by atoms with van der Waals surface area (Å²) >= 11 is 0. The lowest BCUT2D eigenvalue weighted by Gasteiger charge is -2.15. The summed E-state index contributed by atoms with van der Waals surface area (Å²) in [6.45, 7) is 0. The zero-order valence-electron chi connectivity index (χ0n) is 13.8. The molecule has 0 aliphatic carbocycles. The molecule has 0 aliphatic rings. The van der Waals surface area contributed by atoms with Crippen LogP contribution in [0, 0.1) is 0 Å². The Bertz CT molecular complexity index is 770. The van der Waals surface area contributed by atoms with E-state index in [9.17, 15) is 19.5 Å². The highest BCUT2D eigenvalue weighted by atomic mass is 16.5. The fourth-order valence-corrected chi connectivity index (χ4v) is 2.54. The molecule has 0 aliphatic heterocycles. The molecule has 1 heterocycles. The molecule has 8 nitrogen and oxygen atoms in total. The van der Waals surface area contributed by atoms with E-state index in [-0.39, 0.29) is 19.3 Å². The van der Waals surface area contributed by atoms with Gasteiger partial charge in [-0.15, -0.1) is 0 Å². The number of carboxylic acid groups (broad SMARTS) is 1. The zero-order chi connectivity index (χ0) is 18.4. The molecular weight excluding hydrogens is 326 g/mol. The van der Waals surface area contributed by atoms with Gasteiger partial charge in [0.05, 0.1) is 7.11 Å². The van der Waals surface area contributed by atoms with Crippen molar-refractivity contribution in [1.82, 2.24) is 10.3 Å². The van der Waals surface area contributed by atoms with E-state index in [0.717, 1.165) is 16.5 Å². The monoisotopic (exact) mass is 347 g/mol. The van der Waals surface area contributed by atoms with Crippen molar-refractivity contribution in [3.8, 4) is 0 Å². The average Bonchev–Trinajstić information content (AvgIpc) is 3.01. The van der Waals surface area contributed by atoms with Crippen molar-refractivity contribution in [1.29, 1.82) is 0 Å². The Hall–Kier alpha value is -2.87. The van der Waals surface area contributed by atoms with Crippen molar-refractivity contribution in [2.45, 2.75) is 31.3 Å². The third-order valence-corrected chi connectivity index (χ3v) is 3.92. The van der Waals surface area contributed by atoms with E-state index in [1.54, 1.807) is 6.20 Å². The number of hydrogen-bond donors (Lipinski definition) is 4. The second-order valence-electron chi connectivity index (χ2n) is 5.69. The lowest BCUT2D eigenvalue weighted by Crippen LogP contribution is -2.43. The number of aliphatic carboxylic acids is 1. The summed E-state index contributed by atoms with van der Waals surface area (Å²) in [7, 11) is 1.21. The minimum atomic E-state index is -1.13. The van der Waals surface area contributed by atoms with Crippen LogP contribution in [0.5, 0.6) is 0 Å². The number of methoxy groups -OCH3 is 1. The smallest absolute Gasteiger partial charge is 0.326 e. The van der Waals surface area contributed by atoms with Gasteiger partial charge in [0.25, 0.3) is 0 Å². The number of fused-ring (bicyclic) bond motifs is 1. The number of amides is 1. The number of esters is 1. The number of carboxylic acids is 1. The fourth-order valence-electron chi connectivity index (χ4n) is 2.54. The number of aromatic amines is 1. The van der Waals surface area contributed by atoms with Crippen LogP contribution in [0.4, 0.5) is 0 Å². The van der Waals surface area contributed by atoms with Gasteiger partial charge in [-0.25, -0.2) is 4.79 Å².